The van der Waals surface area contributed by atoms with Crippen LogP contribution >= 0.6 is 11.6 Å². The van der Waals surface area contributed by atoms with Crippen molar-refractivity contribution in [3.8, 4) is 0 Å². The maximum Gasteiger partial charge on any atom is 0.154 e. The number of alkyl halides is 1. The molecule has 3 nitrogen and oxygen atoms in total. The fourth-order valence-corrected chi connectivity index (χ4v) is 5.85. The van der Waals surface area contributed by atoms with Crippen molar-refractivity contribution in [3.05, 3.63) is 0 Å². The minimum absolute atomic E-state index is 0.789. The van der Waals surface area contributed by atoms with Gasteiger partial charge >= 0.3 is 0 Å². The number of hydrogen-bond acceptors (Lipinski definition) is 2. The molecule has 0 aliphatic carbocycles. The molecule has 0 aromatic carbocycles. The number of nitrogens with zero attached hydrogens (tertiary/aromatic N) is 1. The van der Waals surface area contributed by atoms with Gasteiger partial charge in [0.2, 0.25) is 0 Å². The summed E-state index contributed by atoms with van der Waals surface area (Å²) < 4.78 is 1.08. The molecule has 0 N–H and O–H groups in total. The summed E-state index contributed by atoms with van der Waals surface area (Å²) in [5.74, 6) is -1.08. The number of hydrogen-bond donors (Lipinski definition) is 0. The van der Waals surface area contributed by atoms with Crippen molar-refractivity contribution in [1.82, 2.24) is 0 Å². The van der Waals surface area contributed by atoms with Gasteiger partial charge in [0, 0.05) is 5.97 Å². The van der Waals surface area contributed by atoms with Crippen LogP contribution in [0.1, 0.15) is 201 Å². The molecule has 0 radical (unpaired) electrons. The van der Waals surface area contributed by atoms with E-state index in [1.807, 2.05) is 0 Å². The largest absolute Gasteiger partial charge is 0.550 e. The summed E-state index contributed by atoms with van der Waals surface area (Å²) in [6.45, 7) is 8.13. The van der Waals surface area contributed by atoms with Gasteiger partial charge in [-0.15, -0.1) is 0 Å². The summed E-state index contributed by atoms with van der Waals surface area (Å²) in [4.78, 5) is 8.89. The lowest BCUT2D eigenvalue weighted by Gasteiger charge is -2.32. The molecule has 0 saturated heterocycles. The summed E-state index contributed by atoms with van der Waals surface area (Å²) in [5.41, 5.74) is 0. The maximum absolute atomic E-state index is 8.89. The highest BCUT2D eigenvalue weighted by Gasteiger charge is 2.18. The van der Waals surface area contributed by atoms with Gasteiger partial charge in [-0.05, 0) is 32.6 Å². The number of rotatable bonds is 31. The van der Waals surface area contributed by atoms with Gasteiger partial charge in [0.05, 0.1) is 20.1 Å². The molecule has 0 saturated carbocycles. The lowest BCUT2D eigenvalue weighted by Crippen LogP contribution is -2.44. The van der Waals surface area contributed by atoms with Crippen LogP contribution in [0.15, 0.2) is 0 Å². The van der Waals surface area contributed by atoms with Gasteiger partial charge in [-0.2, -0.15) is 0 Å². The highest BCUT2D eigenvalue weighted by Crippen LogP contribution is 2.17. The molecule has 0 amide bonds. The van der Waals surface area contributed by atoms with Crippen molar-refractivity contribution in [2.45, 2.75) is 201 Å². The second kappa shape index (κ2) is 34.9. The molecule has 40 heavy (non-hydrogen) atoms. The lowest BCUT2D eigenvalue weighted by molar-refractivity contribution is -0.899. The zero-order valence-corrected chi connectivity index (χ0v) is 28.8. The normalized spacial score (nSPS) is 11.4. The summed E-state index contributed by atoms with van der Waals surface area (Å²) in [5, 5.41) is 8.89. The number of aliphatic carboxylic acids is 1. The SMILES string of the molecule is CC(=O)[O-].CCCCCCCCCCCCCCCC[N+](C)(CCl)CCCCCCCCCCCCCCCC. The fourth-order valence-electron chi connectivity index (χ4n) is 5.61. The Morgan fingerprint density at radius 1 is 0.475 bits per heavy atom. The number of carbonyl (C=O) groups excluding carboxylic acids is 1. The Balaban J connectivity index is 0. The van der Waals surface area contributed by atoms with Crippen LogP contribution in [-0.2, 0) is 4.79 Å². The van der Waals surface area contributed by atoms with Gasteiger partial charge < -0.3 is 14.4 Å². The van der Waals surface area contributed by atoms with Crippen LogP contribution < -0.4 is 5.11 Å². The van der Waals surface area contributed by atoms with E-state index in [9.17, 15) is 0 Å². The predicted octanol–water partition coefficient (Wildman–Crippen LogP) is 11.3. The third-order valence-corrected chi connectivity index (χ3v) is 8.97. The summed E-state index contributed by atoms with van der Waals surface area (Å²) in [6, 6.07) is 0.789. The van der Waals surface area contributed by atoms with Gasteiger partial charge in [0.25, 0.3) is 0 Å². The van der Waals surface area contributed by atoms with Crippen molar-refractivity contribution in [2.75, 3.05) is 26.1 Å². The minimum atomic E-state index is -1.08. The standard InChI is InChI=1S/C34H71ClN.C2H4O2/c1-4-6-8-10-12-14-16-18-20-22-24-26-28-30-32-36(3,34-35)33-31-29-27-25-23-21-19-17-15-13-11-9-7-5-2;1-2(3)4/h4-34H2,1-3H3;1H3,(H,3,4)/q+1;/p-1. The second-order valence-electron chi connectivity index (χ2n) is 12.9. The average molecular weight is 588 g/mol. The van der Waals surface area contributed by atoms with Crippen molar-refractivity contribution in [1.29, 1.82) is 0 Å². The van der Waals surface area contributed by atoms with Crippen molar-refractivity contribution >= 4 is 17.6 Å². The molecule has 4 heteroatoms. The molecular weight excluding hydrogens is 514 g/mol. The molecule has 0 atom stereocenters. The monoisotopic (exact) mass is 588 g/mol. The number of unbranched alkanes of at least 4 members (excludes halogenated alkanes) is 26. The molecule has 0 aliphatic heterocycles. The van der Waals surface area contributed by atoms with Crippen LogP contribution in [0.4, 0.5) is 0 Å². The van der Waals surface area contributed by atoms with Gasteiger partial charge in [-0.1, -0.05) is 180 Å². The highest BCUT2D eigenvalue weighted by molar-refractivity contribution is 6.16. The quantitative estimate of drug-likeness (QED) is 0.0350. The summed E-state index contributed by atoms with van der Waals surface area (Å²) >= 11 is 6.40. The Bertz CT molecular complexity index is 449. The van der Waals surface area contributed by atoms with E-state index < -0.39 is 5.97 Å². The van der Waals surface area contributed by atoms with E-state index in [-0.39, 0.29) is 0 Å². The van der Waals surface area contributed by atoms with Crippen LogP contribution in [0.3, 0.4) is 0 Å². The predicted molar refractivity (Wildman–Crippen MR) is 178 cm³/mol. The van der Waals surface area contributed by atoms with Crippen LogP contribution in [0.25, 0.3) is 0 Å². The zero-order valence-electron chi connectivity index (χ0n) is 28.1. The van der Waals surface area contributed by atoms with E-state index >= 15 is 0 Å². The third-order valence-electron chi connectivity index (χ3n) is 8.39. The van der Waals surface area contributed by atoms with E-state index in [4.69, 9.17) is 21.5 Å². The van der Waals surface area contributed by atoms with Crippen molar-refractivity contribution in [2.24, 2.45) is 0 Å². The highest BCUT2D eigenvalue weighted by atomic mass is 35.5. The summed E-state index contributed by atoms with van der Waals surface area (Å²) in [6.07, 6.45) is 40.3. The third kappa shape index (κ3) is 37.7. The van der Waals surface area contributed by atoms with Crippen LogP contribution in [0.5, 0.6) is 0 Å². The molecule has 0 aromatic rings. The van der Waals surface area contributed by atoms with E-state index in [1.54, 1.807) is 0 Å². The molecule has 0 spiro atoms. The smallest absolute Gasteiger partial charge is 0.154 e. The molecule has 0 unspecified atom stereocenters. The van der Waals surface area contributed by atoms with E-state index in [0.717, 1.165) is 17.4 Å². The molecule has 0 fully saturated rings. The van der Waals surface area contributed by atoms with E-state index in [1.165, 1.54) is 193 Å². The average Bonchev–Trinajstić information content (AvgIpc) is 2.93. The number of carboxylic acids is 1. The van der Waals surface area contributed by atoms with Gasteiger partial charge in [-0.25, -0.2) is 0 Å². The van der Waals surface area contributed by atoms with Crippen molar-refractivity contribution in [3.63, 3.8) is 0 Å². The molecule has 242 valence electrons. The molecule has 0 bridgehead atoms. The Hall–Kier alpha value is -0.280. The zero-order chi connectivity index (χ0) is 30.0. The lowest BCUT2D eigenvalue weighted by atomic mass is 10.0. The molecule has 0 heterocycles. The number of quaternary nitrogens is 1. The van der Waals surface area contributed by atoms with Crippen molar-refractivity contribution < 1.29 is 14.4 Å². The minimum Gasteiger partial charge on any atom is -0.550 e. The Morgan fingerprint density at radius 2 is 0.650 bits per heavy atom. The Kier molecular flexibility index (Phi) is 36.5. The van der Waals surface area contributed by atoms with E-state index in [0.29, 0.717) is 0 Å². The van der Waals surface area contributed by atoms with Crippen LogP contribution in [0, 0.1) is 0 Å². The Morgan fingerprint density at radius 3 is 0.825 bits per heavy atom. The fraction of sp³-hybridized carbons (Fsp3) is 0.972. The van der Waals surface area contributed by atoms with Gasteiger partial charge in [0.1, 0.15) is 0 Å². The number of halogens is 1. The molecule has 0 aromatic heterocycles. The topological polar surface area (TPSA) is 40.1 Å². The first-order valence-electron chi connectivity index (χ1n) is 18.0. The molecule has 0 rings (SSSR count). The molecule has 0 aliphatic rings. The second-order valence-corrected chi connectivity index (χ2v) is 13.1. The van der Waals surface area contributed by atoms with Crippen LogP contribution in [0.2, 0.25) is 0 Å². The number of carbonyl (C=O) groups is 1. The summed E-state index contributed by atoms with van der Waals surface area (Å²) in [7, 11) is 2.39. The van der Waals surface area contributed by atoms with Gasteiger partial charge in [-0.3, -0.25) is 0 Å². The van der Waals surface area contributed by atoms with E-state index in [2.05, 4.69) is 20.9 Å². The van der Waals surface area contributed by atoms with Gasteiger partial charge in [0.15, 0.2) is 6.00 Å². The first kappa shape index (κ1) is 41.9. The first-order chi connectivity index (χ1) is 19.4. The number of carboxylic acid groups (broad SMARTS) is 1. The van der Waals surface area contributed by atoms with Crippen LogP contribution in [-0.4, -0.2) is 36.6 Å². The maximum atomic E-state index is 8.89. The first-order valence-corrected chi connectivity index (χ1v) is 18.5. The Labute approximate surface area is 258 Å². The molecular formula is C36H74ClNO2.